The Morgan fingerprint density at radius 2 is 2.08 bits per heavy atom. The third-order valence-corrected chi connectivity index (χ3v) is 4.77. The van der Waals surface area contributed by atoms with Gasteiger partial charge in [0.05, 0.1) is 12.6 Å². The second-order valence-electron chi connectivity index (χ2n) is 7.47. The Kier molecular flexibility index (Phi) is 3.61. The van der Waals surface area contributed by atoms with Gasteiger partial charge in [-0.3, -0.25) is 4.90 Å². The highest BCUT2D eigenvalue weighted by Gasteiger charge is 2.38. The molecular weight excluding hydrogens is 322 g/mol. The fourth-order valence-corrected chi connectivity index (χ4v) is 3.60. The summed E-state index contributed by atoms with van der Waals surface area (Å²) in [6.45, 7) is 7.39. The molecular formula is C17H23N5O3. The highest BCUT2D eigenvalue weighted by molar-refractivity contribution is 5.62. The molecule has 0 aliphatic carbocycles. The first-order chi connectivity index (χ1) is 11.9. The zero-order valence-electron chi connectivity index (χ0n) is 15.2. The number of aromatic nitrogens is 4. The molecule has 1 atom stereocenters. The van der Waals surface area contributed by atoms with Gasteiger partial charge < -0.3 is 14.2 Å². The van der Waals surface area contributed by atoms with E-state index in [4.69, 9.17) is 14.2 Å². The Morgan fingerprint density at radius 1 is 1.28 bits per heavy atom. The van der Waals surface area contributed by atoms with Gasteiger partial charge in [-0.2, -0.15) is 0 Å². The Hall–Kier alpha value is -2.35. The average molecular weight is 345 g/mol. The summed E-state index contributed by atoms with van der Waals surface area (Å²) < 4.78 is 18.9. The van der Waals surface area contributed by atoms with E-state index in [2.05, 4.69) is 54.3 Å². The predicted molar refractivity (Wildman–Crippen MR) is 90.1 cm³/mol. The van der Waals surface area contributed by atoms with Crippen molar-refractivity contribution in [2.45, 2.75) is 38.8 Å². The Morgan fingerprint density at radius 3 is 2.80 bits per heavy atom. The SMILES string of the molecule is COc1c2c(cc3c1[C@H](c1nnnn1C(C)(C)C)N(C)CC3)OCO2. The van der Waals surface area contributed by atoms with Crippen LogP contribution in [0.15, 0.2) is 6.07 Å². The molecule has 25 heavy (non-hydrogen) atoms. The third-order valence-electron chi connectivity index (χ3n) is 4.77. The summed E-state index contributed by atoms with van der Waals surface area (Å²) in [7, 11) is 3.75. The molecule has 1 aromatic carbocycles. The molecule has 8 heteroatoms. The number of methoxy groups -OCH3 is 1. The molecule has 2 aromatic rings. The topological polar surface area (TPSA) is 74.5 Å². The van der Waals surface area contributed by atoms with E-state index in [-0.39, 0.29) is 18.4 Å². The van der Waals surface area contributed by atoms with E-state index in [1.54, 1.807) is 7.11 Å². The fourth-order valence-electron chi connectivity index (χ4n) is 3.60. The van der Waals surface area contributed by atoms with Crippen molar-refractivity contribution in [2.75, 3.05) is 27.5 Å². The molecule has 0 bridgehead atoms. The molecule has 2 aliphatic rings. The van der Waals surface area contributed by atoms with Gasteiger partial charge in [-0.25, -0.2) is 4.68 Å². The average Bonchev–Trinajstić information content (AvgIpc) is 3.21. The van der Waals surface area contributed by atoms with E-state index >= 15 is 0 Å². The minimum Gasteiger partial charge on any atom is -0.492 e. The number of ether oxygens (including phenoxy) is 3. The summed E-state index contributed by atoms with van der Waals surface area (Å²) in [5.41, 5.74) is 2.02. The number of likely N-dealkylation sites (N-methyl/N-ethyl adjacent to an activating group) is 1. The molecule has 0 saturated carbocycles. The van der Waals surface area contributed by atoms with Crippen molar-refractivity contribution in [2.24, 2.45) is 0 Å². The van der Waals surface area contributed by atoms with Crippen molar-refractivity contribution in [1.29, 1.82) is 0 Å². The zero-order chi connectivity index (χ0) is 17.8. The van der Waals surface area contributed by atoms with E-state index in [9.17, 15) is 0 Å². The van der Waals surface area contributed by atoms with Crippen LogP contribution in [0.5, 0.6) is 17.2 Å². The molecule has 1 aromatic heterocycles. The zero-order valence-corrected chi connectivity index (χ0v) is 15.2. The standard InChI is InChI=1S/C17H23N5O3/c1-17(2,3)22-16(18-19-20-22)13-12-10(6-7-21(13)4)8-11-14(15(12)23-5)25-9-24-11/h8,13H,6-7,9H2,1-5H3/t13-/m1/s1. The third kappa shape index (κ3) is 2.43. The second-order valence-corrected chi connectivity index (χ2v) is 7.47. The van der Waals surface area contributed by atoms with Gasteiger partial charge in [0.2, 0.25) is 12.5 Å². The summed E-state index contributed by atoms with van der Waals surface area (Å²) in [5.74, 6) is 2.92. The minimum atomic E-state index is -0.221. The monoisotopic (exact) mass is 345 g/mol. The molecule has 2 aliphatic heterocycles. The highest BCUT2D eigenvalue weighted by atomic mass is 16.7. The lowest BCUT2D eigenvalue weighted by atomic mass is 9.90. The van der Waals surface area contributed by atoms with Crippen LogP contribution in [0.3, 0.4) is 0 Å². The lowest BCUT2D eigenvalue weighted by molar-refractivity contribution is 0.170. The van der Waals surface area contributed by atoms with Crippen LogP contribution in [0, 0.1) is 0 Å². The second kappa shape index (κ2) is 5.59. The van der Waals surface area contributed by atoms with Gasteiger partial charge in [0.15, 0.2) is 17.3 Å². The van der Waals surface area contributed by atoms with Crippen molar-refractivity contribution in [3.8, 4) is 17.2 Å². The van der Waals surface area contributed by atoms with Crippen LogP contribution in [0.4, 0.5) is 0 Å². The molecule has 134 valence electrons. The molecule has 0 amide bonds. The summed E-state index contributed by atoms with van der Waals surface area (Å²) in [5, 5.41) is 12.5. The summed E-state index contributed by atoms with van der Waals surface area (Å²) in [6, 6.07) is 1.95. The molecule has 3 heterocycles. The van der Waals surface area contributed by atoms with Crippen LogP contribution < -0.4 is 14.2 Å². The molecule has 0 N–H and O–H groups in total. The Balaban J connectivity index is 1.94. The van der Waals surface area contributed by atoms with E-state index < -0.39 is 0 Å². The van der Waals surface area contributed by atoms with Crippen LogP contribution in [-0.4, -0.2) is 52.6 Å². The first-order valence-electron chi connectivity index (χ1n) is 8.40. The van der Waals surface area contributed by atoms with Crippen LogP contribution in [-0.2, 0) is 12.0 Å². The largest absolute Gasteiger partial charge is 0.492 e. The van der Waals surface area contributed by atoms with Crippen molar-refractivity contribution >= 4 is 0 Å². The minimum absolute atomic E-state index is 0.109. The van der Waals surface area contributed by atoms with Crippen LogP contribution in [0.25, 0.3) is 0 Å². The molecule has 0 spiro atoms. The predicted octanol–water partition coefficient (Wildman–Crippen LogP) is 1.74. The number of tetrazole rings is 1. The van der Waals surface area contributed by atoms with E-state index in [1.807, 2.05) is 4.68 Å². The van der Waals surface area contributed by atoms with Crippen molar-refractivity contribution < 1.29 is 14.2 Å². The molecule has 0 radical (unpaired) electrons. The van der Waals surface area contributed by atoms with Gasteiger partial charge >= 0.3 is 0 Å². The Labute approximate surface area is 146 Å². The number of benzene rings is 1. The van der Waals surface area contributed by atoms with Gasteiger partial charge in [0, 0.05) is 12.1 Å². The van der Waals surface area contributed by atoms with Gasteiger partial charge in [0.1, 0.15) is 6.04 Å². The molecule has 8 nitrogen and oxygen atoms in total. The molecule has 0 fully saturated rings. The van der Waals surface area contributed by atoms with Crippen molar-refractivity contribution in [3.05, 3.63) is 23.0 Å². The quantitative estimate of drug-likeness (QED) is 0.821. The van der Waals surface area contributed by atoms with Gasteiger partial charge in [0.25, 0.3) is 0 Å². The maximum absolute atomic E-state index is 5.75. The first-order valence-corrected chi connectivity index (χ1v) is 8.40. The van der Waals surface area contributed by atoms with Crippen LogP contribution in [0.2, 0.25) is 0 Å². The molecule has 0 unspecified atom stereocenters. The van der Waals surface area contributed by atoms with E-state index in [1.165, 1.54) is 5.56 Å². The summed E-state index contributed by atoms with van der Waals surface area (Å²) >= 11 is 0. The number of hydrogen-bond acceptors (Lipinski definition) is 7. The van der Waals surface area contributed by atoms with Gasteiger partial charge in [-0.1, -0.05) is 0 Å². The maximum atomic E-state index is 5.75. The van der Waals surface area contributed by atoms with Crippen molar-refractivity contribution in [3.63, 3.8) is 0 Å². The number of rotatable bonds is 2. The Bertz CT molecular complexity index is 811. The lowest BCUT2D eigenvalue weighted by Gasteiger charge is -2.36. The fraction of sp³-hybridized carbons (Fsp3) is 0.588. The van der Waals surface area contributed by atoms with Gasteiger partial charge in [-0.15, -0.1) is 5.10 Å². The van der Waals surface area contributed by atoms with E-state index in [0.717, 1.165) is 30.1 Å². The van der Waals surface area contributed by atoms with Gasteiger partial charge in [-0.05, 0) is 56.3 Å². The summed E-state index contributed by atoms with van der Waals surface area (Å²) in [6.07, 6.45) is 0.909. The number of hydrogen-bond donors (Lipinski definition) is 0. The van der Waals surface area contributed by atoms with Crippen LogP contribution in [0.1, 0.15) is 43.8 Å². The lowest BCUT2D eigenvalue weighted by Crippen LogP contribution is -2.37. The highest BCUT2D eigenvalue weighted by Crippen LogP contribution is 2.50. The molecule has 4 rings (SSSR count). The van der Waals surface area contributed by atoms with E-state index in [0.29, 0.717) is 11.5 Å². The van der Waals surface area contributed by atoms with Crippen molar-refractivity contribution in [1.82, 2.24) is 25.1 Å². The maximum Gasteiger partial charge on any atom is 0.231 e. The number of nitrogens with zero attached hydrogens (tertiary/aromatic N) is 5. The normalized spacial score (nSPS) is 19.8. The first kappa shape index (κ1) is 16.1. The summed E-state index contributed by atoms with van der Waals surface area (Å²) in [4.78, 5) is 2.25. The van der Waals surface area contributed by atoms with Crippen LogP contribution >= 0.6 is 0 Å². The molecule has 0 saturated heterocycles. The smallest absolute Gasteiger partial charge is 0.231 e. The number of fused-ring (bicyclic) bond motifs is 2.